The summed E-state index contributed by atoms with van der Waals surface area (Å²) in [6, 6.07) is 15.2. The summed E-state index contributed by atoms with van der Waals surface area (Å²) in [4.78, 5) is 27.2. The van der Waals surface area contributed by atoms with E-state index in [1.165, 1.54) is 0 Å². The number of carbonyl (C=O) groups is 2. The number of hydrogen-bond donors (Lipinski definition) is 0. The van der Waals surface area contributed by atoms with Crippen LogP contribution in [0.25, 0.3) is 0 Å². The lowest BCUT2D eigenvalue weighted by Gasteiger charge is -2.44. The summed E-state index contributed by atoms with van der Waals surface area (Å²) >= 11 is 0. The van der Waals surface area contributed by atoms with E-state index in [1.807, 2.05) is 54.3 Å². The smallest absolute Gasteiger partial charge is 0.226 e. The molecule has 0 saturated carbocycles. The molecule has 1 fully saturated rings. The fourth-order valence-electron chi connectivity index (χ4n) is 4.06. The van der Waals surface area contributed by atoms with Gasteiger partial charge in [0.1, 0.15) is 17.1 Å². The number of ketones is 1. The molecular formula is C23H25NO4. The van der Waals surface area contributed by atoms with Crippen molar-refractivity contribution >= 4 is 11.7 Å². The Bertz CT molecular complexity index is 869. The number of fused-ring (bicyclic) bond motifs is 1. The van der Waals surface area contributed by atoms with Crippen LogP contribution in [0, 0.1) is 0 Å². The highest BCUT2D eigenvalue weighted by Crippen LogP contribution is 2.40. The van der Waals surface area contributed by atoms with Gasteiger partial charge >= 0.3 is 0 Å². The zero-order valence-corrected chi connectivity index (χ0v) is 16.1. The molecule has 0 radical (unpaired) electrons. The van der Waals surface area contributed by atoms with Gasteiger partial charge in [-0.05, 0) is 24.6 Å². The summed E-state index contributed by atoms with van der Waals surface area (Å²) in [5.74, 6) is 1.54. The molecule has 0 bridgehead atoms. The van der Waals surface area contributed by atoms with Crippen LogP contribution in [0.3, 0.4) is 0 Å². The van der Waals surface area contributed by atoms with Gasteiger partial charge in [0, 0.05) is 32.0 Å². The number of likely N-dealkylation sites (tertiary alicyclic amines) is 1. The van der Waals surface area contributed by atoms with Gasteiger partial charge in [0.2, 0.25) is 5.91 Å². The Labute approximate surface area is 165 Å². The van der Waals surface area contributed by atoms with Gasteiger partial charge in [0.25, 0.3) is 0 Å². The average Bonchev–Trinajstić information content (AvgIpc) is 2.69. The van der Waals surface area contributed by atoms with Crippen LogP contribution in [-0.4, -0.2) is 41.9 Å². The van der Waals surface area contributed by atoms with Gasteiger partial charge in [-0.3, -0.25) is 9.59 Å². The molecule has 2 aromatic rings. The van der Waals surface area contributed by atoms with Gasteiger partial charge < -0.3 is 14.4 Å². The lowest BCUT2D eigenvalue weighted by molar-refractivity contribution is -0.134. The van der Waals surface area contributed by atoms with Gasteiger partial charge in [-0.1, -0.05) is 30.3 Å². The first-order chi connectivity index (χ1) is 13.6. The SMILES string of the molecule is CCOc1ccc2c(c1)OC1(CCN(C(=O)Cc3ccccc3)CC1)CC2=O. The number of hydrogen-bond acceptors (Lipinski definition) is 4. The second-order valence-corrected chi connectivity index (χ2v) is 7.52. The van der Waals surface area contributed by atoms with Crippen LogP contribution in [-0.2, 0) is 11.2 Å². The number of ether oxygens (including phenoxy) is 2. The third-order valence-electron chi connectivity index (χ3n) is 5.60. The van der Waals surface area contributed by atoms with E-state index in [0.29, 0.717) is 62.4 Å². The summed E-state index contributed by atoms with van der Waals surface area (Å²) in [6.07, 6.45) is 2.11. The largest absolute Gasteiger partial charge is 0.494 e. The highest BCUT2D eigenvalue weighted by Gasteiger charge is 2.43. The third kappa shape index (κ3) is 3.75. The van der Waals surface area contributed by atoms with E-state index in [2.05, 4.69) is 0 Å². The molecule has 1 saturated heterocycles. The van der Waals surface area contributed by atoms with Crippen molar-refractivity contribution < 1.29 is 19.1 Å². The minimum absolute atomic E-state index is 0.105. The van der Waals surface area contributed by atoms with Crippen LogP contribution < -0.4 is 9.47 Å². The van der Waals surface area contributed by atoms with E-state index in [9.17, 15) is 9.59 Å². The zero-order chi connectivity index (χ0) is 19.6. The first-order valence-corrected chi connectivity index (χ1v) is 9.89. The van der Waals surface area contributed by atoms with Gasteiger partial charge in [-0.2, -0.15) is 0 Å². The molecule has 28 heavy (non-hydrogen) atoms. The third-order valence-corrected chi connectivity index (χ3v) is 5.60. The van der Waals surface area contributed by atoms with Gasteiger partial charge in [0.05, 0.1) is 25.0 Å². The van der Waals surface area contributed by atoms with Crippen LogP contribution in [0.1, 0.15) is 42.1 Å². The highest BCUT2D eigenvalue weighted by atomic mass is 16.5. The fourth-order valence-corrected chi connectivity index (χ4v) is 4.06. The van der Waals surface area contributed by atoms with E-state index in [0.717, 1.165) is 5.56 Å². The van der Waals surface area contributed by atoms with Crippen molar-refractivity contribution in [1.82, 2.24) is 4.90 Å². The number of piperidine rings is 1. The second-order valence-electron chi connectivity index (χ2n) is 7.52. The maximum Gasteiger partial charge on any atom is 0.226 e. The summed E-state index contributed by atoms with van der Waals surface area (Å²) in [5, 5.41) is 0. The van der Waals surface area contributed by atoms with Crippen LogP contribution >= 0.6 is 0 Å². The molecule has 5 nitrogen and oxygen atoms in total. The summed E-state index contributed by atoms with van der Waals surface area (Å²) in [5.41, 5.74) is 1.13. The molecule has 0 N–H and O–H groups in total. The topological polar surface area (TPSA) is 55.8 Å². The Balaban J connectivity index is 1.43. The molecule has 4 rings (SSSR count). The van der Waals surface area contributed by atoms with Crippen molar-refractivity contribution in [2.24, 2.45) is 0 Å². The first kappa shape index (κ1) is 18.5. The second kappa shape index (κ2) is 7.66. The lowest BCUT2D eigenvalue weighted by Crippen LogP contribution is -2.52. The van der Waals surface area contributed by atoms with Crippen molar-refractivity contribution in [2.75, 3.05) is 19.7 Å². The van der Waals surface area contributed by atoms with Gasteiger partial charge in [0.15, 0.2) is 5.78 Å². The van der Waals surface area contributed by atoms with Crippen molar-refractivity contribution in [3.8, 4) is 11.5 Å². The zero-order valence-electron chi connectivity index (χ0n) is 16.1. The molecule has 0 aliphatic carbocycles. The molecule has 2 aromatic carbocycles. The molecule has 2 heterocycles. The predicted octanol–water partition coefficient (Wildman–Crippen LogP) is 3.65. The standard InChI is InChI=1S/C23H25NO4/c1-2-27-18-8-9-19-20(25)16-23(28-21(19)15-18)10-12-24(13-11-23)22(26)14-17-6-4-3-5-7-17/h3-9,15H,2,10-14,16H2,1H3. The Morgan fingerprint density at radius 2 is 1.89 bits per heavy atom. The van der Waals surface area contributed by atoms with E-state index < -0.39 is 5.60 Å². The number of benzene rings is 2. The number of carbonyl (C=O) groups excluding carboxylic acids is 2. The first-order valence-electron chi connectivity index (χ1n) is 9.89. The van der Waals surface area contributed by atoms with Crippen molar-refractivity contribution in [1.29, 1.82) is 0 Å². The molecule has 2 aliphatic rings. The number of rotatable bonds is 4. The van der Waals surface area contributed by atoms with Gasteiger partial charge in [-0.25, -0.2) is 0 Å². The molecule has 5 heteroatoms. The molecule has 2 aliphatic heterocycles. The number of amides is 1. The summed E-state index contributed by atoms with van der Waals surface area (Å²) in [6.45, 7) is 3.71. The number of Topliss-reactive ketones (excluding diaryl/α,β-unsaturated/α-hetero) is 1. The Hall–Kier alpha value is -2.82. The summed E-state index contributed by atoms with van der Waals surface area (Å²) in [7, 11) is 0. The van der Waals surface area contributed by atoms with E-state index in [4.69, 9.17) is 9.47 Å². The maximum absolute atomic E-state index is 12.7. The van der Waals surface area contributed by atoms with E-state index in [-0.39, 0.29) is 11.7 Å². The molecule has 1 amide bonds. The minimum atomic E-state index is -0.515. The quantitative estimate of drug-likeness (QED) is 0.814. The molecule has 146 valence electrons. The van der Waals surface area contributed by atoms with Crippen molar-refractivity contribution in [3.63, 3.8) is 0 Å². The normalized spacial score (nSPS) is 17.8. The number of nitrogens with zero attached hydrogens (tertiary/aromatic N) is 1. The van der Waals surface area contributed by atoms with E-state index in [1.54, 1.807) is 6.07 Å². The van der Waals surface area contributed by atoms with Gasteiger partial charge in [-0.15, -0.1) is 0 Å². The monoisotopic (exact) mass is 379 g/mol. The minimum Gasteiger partial charge on any atom is -0.494 e. The predicted molar refractivity (Wildman–Crippen MR) is 106 cm³/mol. The summed E-state index contributed by atoms with van der Waals surface area (Å²) < 4.78 is 11.9. The van der Waals surface area contributed by atoms with Crippen LogP contribution in [0.2, 0.25) is 0 Å². The van der Waals surface area contributed by atoms with E-state index >= 15 is 0 Å². The molecule has 0 unspecified atom stereocenters. The molecule has 0 atom stereocenters. The maximum atomic E-state index is 12.7. The van der Waals surface area contributed by atoms with Crippen LogP contribution in [0.4, 0.5) is 0 Å². The molecule has 0 aromatic heterocycles. The Morgan fingerprint density at radius 1 is 1.14 bits per heavy atom. The Morgan fingerprint density at radius 3 is 2.61 bits per heavy atom. The van der Waals surface area contributed by atoms with Crippen LogP contribution in [0.5, 0.6) is 11.5 Å². The fraction of sp³-hybridized carbons (Fsp3) is 0.391. The molecular weight excluding hydrogens is 354 g/mol. The Kier molecular flexibility index (Phi) is 5.07. The average molecular weight is 379 g/mol. The lowest BCUT2D eigenvalue weighted by atomic mass is 9.82. The van der Waals surface area contributed by atoms with Crippen LogP contribution in [0.15, 0.2) is 48.5 Å². The molecule has 1 spiro atoms. The highest BCUT2D eigenvalue weighted by molar-refractivity contribution is 6.00. The van der Waals surface area contributed by atoms with Crippen molar-refractivity contribution in [3.05, 3.63) is 59.7 Å². The van der Waals surface area contributed by atoms with Crippen molar-refractivity contribution in [2.45, 2.75) is 38.2 Å².